The second kappa shape index (κ2) is 5.00. The van der Waals surface area contributed by atoms with Gasteiger partial charge in [-0.05, 0) is 34.0 Å². The predicted octanol–water partition coefficient (Wildman–Crippen LogP) is 3.29. The van der Waals surface area contributed by atoms with Crippen molar-refractivity contribution in [2.45, 2.75) is 13.3 Å². The number of pyridine rings is 1. The minimum atomic E-state index is -1.02. The van der Waals surface area contributed by atoms with E-state index in [4.69, 9.17) is 0 Å². The Hall–Kier alpha value is -2.15. The summed E-state index contributed by atoms with van der Waals surface area (Å²) in [6, 6.07) is 1.72. The predicted molar refractivity (Wildman–Crippen MR) is 82.4 cm³/mol. The van der Waals surface area contributed by atoms with E-state index < -0.39 is 6.09 Å². The van der Waals surface area contributed by atoms with E-state index in [0.29, 0.717) is 22.2 Å². The average molecular weight is 349 g/mol. The molecule has 0 spiro atoms. The standard InChI is InChI=1S/C14H13BrN4O2/c1-3-9-10-6-16-12(15)4-11(10)19(14(20)21)13(9)8-5-17-18(2)7-8/h4-7H,3H2,1-2H3,(H,20,21). The molecule has 21 heavy (non-hydrogen) atoms. The maximum Gasteiger partial charge on any atom is 0.416 e. The maximum absolute atomic E-state index is 11.8. The summed E-state index contributed by atoms with van der Waals surface area (Å²) in [5.74, 6) is 0. The second-order valence-corrected chi connectivity index (χ2v) is 5.54. The van der Waals surface area contributed by atoms with Gasteiger partial charge in [0.05, 0.1) is 17.4 Å². The molecule has 1 N–H and O–H groups in total. The van der Waals surface area contributed by atoms with Gasteiger partial charge in [0.25, 0.3) is 0 Å². The molecule has 0 bridgehead atoms. The zero-order chi connectivity index (χ0) is 15.1. The molecule has 0 aromatic carbocycles. The topological polar surface area (TPSA) is 72.9 Å². The minimum absolute atomic E-state index is 0.607. The van der Waals surface area contributed by atoms with Gasteiger partial charge in [0.2, 0.25) is 0 Å². The quantitative estimate of drug-likeness (QED) is 0.721. The number of halogens is 1. The van der Waals surface area contributed by atoms with Gasteiger partial charge in [0.1, 0.15) is 4.60 Å². The van der Waals surface area contributed by atoms with Gasteiger partial charge in [-0.1, -0.05) is 6.92 Å². The van der Waals surface area contributed by atoms with E-state index in [1.54, 1.807) is 30.2 Å². The Bertz CT molecular complexity index is 850. The Morgan fingerprint density at radius 1 is 1.43 bits per heavy atom. The lowest BCUT2D eigenvalue weighted by Crippen LogP contribution is -2.09. The van der Waals surface area contributed by atoms with E-state index in [9.17, 15) is 9.90 Å². The van der Waals surface area contributed by atoms with Crippen LogP contribution in [0.15, 0.2) is 29.3 Å². The first-order valence-electron chi connectivity index (χ1n) is 6.44. The van der Waals surface area contributed by atoms with Gasteiger partial charge in [0, 0.05) is 30.4 Å². The van der Waals surface area contributed by atoms with Crippen molar-refractivity contribution < 1.29 is 9.90 Å². The highest BCUT2D eigenvalue weighted by atomic mass is 79.9. The average Bonchev–Trinajstić information content (AvgIpc) is 2.98. The Kier molecular flexibility index (Phi) is 3.29. The molecular weight excluding hydrogens is 336 g/mol. The van der Waals surface area contributed by atoms with Crippen LogP contribution in [-0.4, -0.2) is 30.5 Å². The summed E-state index contributed by atoms with van der Waals surface area (Å²) in [7, 11) is 1.81. The van der Waals surface area contributed by atoms with Crippen LogP contribution in [0.1, 0.15) is 12.5 Å². The smallest absolute Gasteiger partial charge is 0.416 e. The van der Waals surface area contributed by atoms with Crippen molar-refractivity contribution in [3.63, 3.8) is 0 Å². The summed E-state index contributed by atoms with van der Waals surface area (Å²) in [4.78, 5) is 16.0. The summed E-state index contributed by atoms with van der Waals surface area (Å²) < 4.78 is 3.57. The van der Waals surface area contributed by atoms with Gasteiger partial charge in [0.15, 0.2) is 0 Å². The van der Waals surface area contributed by atoms with Gasteiger partial charge in [-0.25, -0.2) is 14.3 Å². The molecule has 3 aromatic rings. The maximum atomic E-state index is 11.8. The molecule has 0 amide bonds. The molecule has 6 nitrogen and oxygen atoms in total. The number of nitrogens with zero attached hydrogens (tertiary/aromatic N) is 4. The summed E-state index contributed by atoms with van der Waals surface area (Å²) in [6.45, 7) is 2.00. The van der Waals surface area contributed by atoms with Gasteiger partial charge < -0.3 is 5.11 Å². The van der Waals surface area contributed by atoms with Gasteiger partial charge in [-0.15, -0.1) is 0 Å². The molecule has 0 radical (unpaired) electrons. The zero-order valence-electron chi connectivity index (χ0n) is 11.5. The summed E-state index contributed by atoms with van der Waals surface area (Å²) in [6.07, 6.45) is 4.89. The highest BCUT2D eigenvalue weighted by Gasteiger charge is 2.22. The Labute approximate surface area is 129 Å². The normalized spacial score (nSPS) is 11.2. The molecule has 0 fully saturated rings. The van der Waals surface area contributed by atoms with Crippen LogP contribution in [0.25, 0.3) is 22.2 Å². The number of hydrogen-bond donors (Lipinski definition) is 1. The third-order valence-corrected chi connectivity index (χ3v) is 3.88. The van der Waals surface area contributed by atoms with Crippen LogP contribution >= 0.6 is 15.9 Å². The number of carboxylic acid groups (broad SMARTS) is 1. The molecule has 7 heteroatoms. The fourth-order valence-electron chi connectivity index (χ4n) is 2.62. The van der Waals surface area contributed by atoms with Crippen LogP contribution in [0, 0.1) is 0 Å². The van der Waals surface area contributed by atoms with E-state index in [1.807, 2.05) is 13.1 Å². The number of hydrogen-bond acceptors (Lipinski definition) is 3. The fraction of sp³-hybridized carbons (Fsp3) is 0.214. The fourth-order valence-corrected chi connectivity index (χ4v) is 2.94. The van der Waals surface area contributed by atoms with Gasteiger partial charge in [-0.3, -0.25) is 4.68 Å². The number of carbonyl (C=O) groups is 1. The van der Waals surface area contributed by atoms with Crippen LogP contribution in [0.5, 0.6) is 0 Å². The number of rotatable bonds is 2. The molecule has 108 valence electrons. The molecule has 0 atom stereocenters. The summed E-state index contributed by atoms with van der Waals surface area (Å²) in [5, 5.41) is 14.6. The Morgan fingerprint density at radius 3 is 2.76 bits per heavy atom. The van der Waals surface area contributed by atoms with Crippen molar-refractivity contribution in [3.05, 3.63) is 34.8 Å². The monoisotopic (exact) mass is 348 g/mol. The molecule has 0 aliphatic heterocycles. The van der Waals surface area contributed by atoms with Crippen molar-refractivity contribution in [1.29, 1.82) is 0 Å². The highest BCUT2D eigenvalue weighted by molar-refractivity contribution is 9.10. The first-order valence-corrected chi connectivity index (χ1v) is 7.23. The highest BCUT2D eigenvalue weighted by Crippen LogP contribution is 2.34. The largest absolute Gasteiger partial charge is 0.464 e. The van der Waals surface area contributed by atoms with Gasteiger partial charge >= 0.3 is 6.09 Å². The van der Waals surface area contributed by atoms with Crippen LogP contribution in [0.2, 0.25) is 0 Å². The van der Waals surface area contributed by atoms with Crippen LogP contribution in [0.4, 0.5) is 4.79 Å². The van der Waals surface area contributed by atoms with E-state index in [0.717, 1.165) is 16.5 Å². The zero-order valence-corrected chi connectivity index (χ0v) is 13.1. The molecule has 3 heterocycles. The lowest BCUT2D eigenvalue weighted by atomic mass is 10.1. The molecule has 0 aliphatic rings. The Morgan fingerprint density at radius 2 is 2.19 bits per heavy atom. The van der Waals surface area contributed by atoms with Crippen molar-refractivity contribution in [3.8, 4) is 11.3 Å². The molecule has 0 saturated carbocycles. The van der Waals surface area contributed by atoms with Gasteiger partial charge in [-0.2, -0.15) is 5.10 Å². The van der Waals surface area contributed by atoms with Crippen molar-refractivity contribution >= 4 is 32.9 Å². The van der Waals surface area contributed by atoms with Crippen LogP contribution < -0.4 is 0 Å². The van der Waals surface area contributed by atoms with E-state index in [1.165, 1.54) is 4.57 Å². The molecule has 0 saturated heterocycles. The third-order valence-electron chi connectivity index (χ3n) is 3.45. The second-order valence-electron chi connectivity index (χ2n) is 4.73. The van der Waals surface area contributed by atoms with Crippen molar-refractivity contribution in [1.82, 2.24) is 19.3 Å². The first-order chi connectivity index (χ1) is 10.0. The van der Waals surface area contributed by atoms with E-state index >= 15 is 0 Å². The van der Waals surface area contributed by atoms with Crippen LogP contribution in [0.3, 0.4) is 0 Å². The molecule has 3 aromatic heterocycles. The molecule has 0 aliphatic carbocycles. The Balaban J connectivity index is 2.46. The molecule has 3 rings (SSSR count). The minimum Gasteiger partial charge on any atom is -0.464 e. The van der Waals surface area contributed by atoms with Crippen LogP contribution in [-0.2, 0) is 13.5 Å². The van der Waals surface area contributed by atoms with Crippen molar-refractivity contribution in [2.75, 3.05) is 0 Å². The van der Waals surface area contributed by atoms with Crippen molar-refractivity contribution in [2.24, 2.45) is 7.05 Å². The number of aromatic nitrogens is 4. The lowest BCUT2D eigenvalue weighted by Gasteiger charge is -2.05. The van der Waals surface area contributed by atoms with E-state index in [2.05, 4.69) is 26.0 Å². The number of aryl methyl sites for hydroxylation is 2. The number of fused-ring (bicyclic) bond motifs is 1. The molecular formula is C14H13BrN4O2. The summed E-state index contributed by atoms with van der Waals surface area (Å²) in [5.41, 5.74) is 3.03. The molecule has 0 unspecified atom stereocenters. The third kappa shape index (κ3) is 2.13. The lowest BCUT2D eigenvalue weighted by molar-refractivity contribution is 0.198. The summed E-state index contributed by atoms with van der Waals surface area (Å²) >= 11 is 3.30. The SMILES string of the molecule is CCc1c(-c2cnn(C)c2)n(C(=O)O)c2cc(Br)ncc12. The van der Waals surface area contributed by atoms with E-state index in [-0.39, 0.29) is 0 Å². The first kappa shape index (κ1) is 13.8.